The van der Waals surface area contributed by atoms with Gasteiger partial charge in [-0.3, -0.25) is 4.99 Å². The van der Waals surface area contributed by atoms with Crippen molar-refractivity contribution in [2.75, 3.05) is 11.9 Å². The van der Waals surface area contributed by atoms with Crippen molar-refractivity contribution in [3.8, 4) is 0 Å². The number of halogens is 1. The van der Waals surface area contributed by atoms with E-state index in [0.717, 1.165) is 29.1 Å². The monoisotopic (exact) mass is 380 g/mol. The van der Waals surface area contributed by atoms with Crippen LogP contribution in [0.5, 0.6) is 0 Å². The molecule has 2 aromatic rings. The number of rotatable bonds is 6. The molecule has 0 amide bonds. The van der Waals surface area contributed by atoms with Crippen molar-refractivity contribution < 1.29 is 4.39 Å². The summed E-state index contributed by atoms with van der Waals surface area (Å²) in [7, 11) is 2.03. The fourth-order valence-corrected chi connectivity index (χ4v) is 3.77. The zero-order valence-corrected chi connectivity index (χ0v) is 17.1. The van der Waals surface area contributed by atoms with E-state index in [1.54, 1.807) is 6.33 Å². The molecule has 1 aromatic carbocycles. The van der Waals surface area contributed by atoms with Gasteiger partial charge in [-0.2, -0.15) is 0 Å². The number of alkyl halides is 1. The van der Waals surface area contributed by atoms with Crippen LogP contribution in [0.3, 0.4) is 0 Å². The molecular weight excluding hydrogens is 351 g/mol. The van der Waals surface area contributed by atoms with Crippen LogP contribution in [0, 0.1) is 13.8 Å². The molecule has 0 fully saturated rings. The maximum Gasteiger partial charge on any atom is 0.135 e. The Balaban J connectivity index is 1.83. The van der Waals surface area contributed by atoms with Crippen molar-refractivity contribution in [3.63, 3.8) is 0 Å². The van der Waals surface area contributed by atoms with Gasteiger partial charge in [-0.15, -0.1) is 0 Å². The third kappa shape index (κ3) is 4.29. The summed E-state index contributed by atoms with van der Waals surface area (Å²) in [4.78, 5) is 15.7. The van der Waals surface area contributed by atoms with Crippen LogP contribution in [-0.2, 0) is 0 Å². The Hall–Kier alpha value is -2.56. The van der Waals surface area contributed by atoms with Gasteiger partial charge in [0.25, 0.3) is 0 Å². The molecule has 0 radical (unpaired) electrons. The van der Waals surface area contributed by atoms with E-state index in [4.69, 9.17) is 4.99 Å². The van der Waals surface area contributed by atoms with E-state index in [1.807, 2.05) is 69.6 Å². The quantitative estimate of drug-likeness (QED) is 0.532. The van der Waals surface area contributed by atoms with Crippen molar-refractivity contribution in [1.29, 1.82) is 0 Å². The average molecular weight is 381 g/mol. The van der Waals surface area contributed by atoms with E-state index < -0.39 is 6.17 Å². The molecule has 4 nitrogen and oxygen atoms in total. The lowest BCUT2D eigenvalue weighted by molar-refractivity contribution is 0.261. The highest BCUT2D eigenvalue weighted by Crippen LogP contribution is 2.34. The molecule has 0 spiro atoms. The number of nitrogens with zero attached hydrogens (tertiary/aromatic N) is 4. The van der Waals surface area contributed by atoms with Crippen molar-refractivity contribution in [3.05, 3.63) is 65.6 Å². The number of aliphatic imine (C=N–C) groups is 1. The van der Waals surface area contributed by atoms with Gasteiger partial charge in [-0.25, -0.2) is 14.4 Å². The molecule has 5 heteroatoms. The van der Waals surface area contributed by atoms with Gasteiger partial charge in [0.05, 0.1) is 12.1 Å². The smallest absolute Gasteiger partial charge is 0.135 e. The first-order chi connectivity index (χ1) is 13.5. The van der Waals surface area contributed by atoms with Crippen LogP contribution in [0.25, 0.3) is 0 Å². The van der Waals surface area contributed by atoms with E-state index in [9.17, 15) is 4.39 Å². The summed E-state index contributed by atoms with van der Waals surface area (Å²) < 4.78 is 14.8. The third-order valence-corrected chi connectivity index (χ3v) is 5.63. The van der Waals surface area contributed by atoms with Crippen LogP contribution in [0.4, 0.5) is 10.2 Å². The Bertz CT molecular complexity index is 834. The highest BCUT2D eigenvalue weighted by Gasteiger charge is 2.31. The van der Waals surface area contributed by atoms with E-state index >= 15 is 0 Å². The van der Waals surface area contributed by atoms with Crippen molar-refractivity contribution in [2.24, 2.45) is 4.99 Å². The van der Waals surface area contributed by atoms with Gasteiger partial charge in [0.1, 0.15) is 18.3 Å². The average Bonchev–Trinajstić information content (AvgIpc) is 2.71. The first-order valence-electron chi connectivity index (χ1n) is 9.93. The van der Waals surface area contributed by atoms with Crippen LogP contribution in [0.1, 0.15) is 42.5 Å². The first kappa shape index (κ1) is 20.2. The Morgan fingerprint density at radius 2 is 2.00 bits per heavy atom. The summed E-state index contributed by atoms with van der Waals surface area (Å²) in [6, 6.07) is 9.76. The standard InChI is InChI=1S/C23H29FN4/c1-5-19(28(4)23-16(2)17(3)26-15-27-23)14-25-21-13-9-12-20(24)22(21)18-10-7-6-8-11-18/h6-11,13-15,19-22H,5,12H2,1-4H3. The number of hydrogen-bond acceptors (Lipinski definition) is 4. The fraction of sp³-hybridized carbons (Fsp3) is 0.435. The summed E-state index contributed by atoms with van der Waals surface area (Å²) in [5.74, 6) is 0.668. The molecule has 1 aliphatic rings. The lowest BCUT2D eigenvalue weighted by Crippen LogP contribution is -2.35. The Morgan fingerprint density at radius 1 is 1.25 bits per heavy atom. The number of benzene rings is 1. The van der Waals surface area contributed by atoms with Crippen molar-refractivity contribution in [2.45, 2.75) is 57.8 Å². The fourth-order valence-electron chi connectivity index (χ4n) is 3.77. The Labute approximate surface area is 167 Å². The SMILES string of the molecule is CCC(C=NC1C=CCC(F)C1c1ccccc1)N(C)c1ncnc(C)c1C. The largest absolute Gasteiger partial charge is 0.351 e. The van der Waals surface area contributed by atoms with Crippen LogP contribution >= 0.6 is 0 Å². The molecular formula is C23H29FN4. The molecule has 4 atom stereocenters. The van der Waals surface area contributed by atoms with Gasteiger partial charge in [-0.1, -0.05) is 49.4 Å². The lowest BCUT2D eigenvalue weighted by atomic mass is 9.82. The summed E-state index contributed by atoms with van der Waals surface area (Å²) in [5.41, 5.74) is 3.05. The second-order valence-corrected chi connectivity index (χ2v) is 7.40. The second-order valence-electron chi connectivity index (χ2n) is 7.40. The number of hydrogen-bond donors (Lipinski definition) is 0. The molecule has 28 heavy (non-hydrogen) atoms. The van der Waals surface area contributed by atoms with Gasteiger partial charge in [0, 0.05) is 30.4 Å². The van der Waals surface area contributed by atoms with Crippen molar-refractivity contribution >= 4 is 12.0 Å². The lowest BCUT2D eigenvalue weighted by Gasteiger charge is -2.30. The molecule has 3 rings (SSSR count). The Morgan fingerprint density at radius 3 is 2.71 bits per heavy atom. The predicted molar refractivity (Wildman–Crippen MR) is 114 cm³/mol. The number of aromatic nitrogens is 2. The number of allylic oxidation sites excluding steroid dienone is 1. The highest BCUT2D eigenvalue weighted by atomic mass is 19.1. The van der Waals surface area contributed by atoms with Gasteiger partial charge in [-0.05, 0) is 32.3 Å². The van der Waals surface area contributed by atoms with Crippen LogP contribution in [0.2, 0.25) is 0 Å². The minimum atomic E-state index is -0.917. The third-order valence-electron chi connectivity index (χ3n) is 5.63. The van der Waals surface area contributed by atoms with Crippen LogP contribution in [0.15, 0.2) is 53.8 Å². The normalized spacial score (nSPS) is 23.1. The van der Waals surface area contributed by atoms with Crippen molar-refractivity contribution in [1.82, 2.24) is 9.97 Å². The molecule has 1 aromatic heterocycles. The second kappa shape index (κ2) is 9.09. The minimum Gasteiger partial charge on any atom is -0.351 e. The zero-order chi connectivity index (χ0) is 20.1. The summed E-state index contributed by atoms with van der Waals surface area (Å²) in [6.45, 7) is 6.15. The minimum absolute atomic E-state index is 0.0813. The topological polar surface area (TPSA) is 41.4 Å². The van der Waals surface area contributed by atoms with Crippen LogP contribution in [-0.4, -0.2) is 41.5 Å². The summed E-state index contributed by atoms with van der Waals surface area (Å²) in [5, 5.41) is 0. The van der Waals surface area contributed by atoms with E-state index in [2.05, 4.69) is 21.8 Å². The van der Waals surface area contributed by atoms with Gasteiger partial charge >= 0.3 is 0 Å². The van der Waals surface area contributed by atoms with E-state index in [0.29, 0.717) is 6.42 Å². The molecule has 0 aliphatic heterocycles. The van der Waals surface area contributed by atoms with Gasteiger partial charge < -0.3 is 4.90 Å². The molecule has 148 valence electrons. The zero-order valence-electron chi connectivity index (χ0n) is 17.1. The van der Waals surface area contributed by atoms with E-state index in [-0.39, 0.29) is 18.0 Å². The van der Waals surface area contributed by atoms with Crippen LogP contribution < -0.4 is 4.90 Å². The first-order valence-corrected chi connectivity index (χ1v) is 9.93. The molecule has 1 aliphatic carbocycles. The Kier molecular flexibility index (Phi) is 6.55. The predicted octanol–water partition coefficient (Wildman–Crippen LogP) is 4.83. The number of aryl methyl sites for hydroxylation is 1. The molecule has 4 unspecified atom stereocenters. The summed E-state index contributed by atoms with van der Waals surface area (Å²) in [6.07, 6.45) is 7.92. The highest BCUT2D eigenvalue weighted by molar-refractivity contribution is 5.71. The molecule has 0 N–H and O–H groups in total. The van der Waals surface area contributed by atoms with Gasteiger partial charge in [0.2, 0.25) is 0 Å². The molecule has 0 saturated carbocycles. The molecule has 0 saturated heterocycles. The maximum absolute atomic E-state index is 14.8. The molecule has 0 bridgehead atoms. The van der Waals surface area contributed by atoms with Gasteiger partial charge in [0.15, 0.2) is 0 Å². The summed E-state index contributed by atoms with van der Waals surface area (Å²) >= 11 is 0. The number of anilines is 1. The maximum atomic E-state index is 14.8. The molecule has 1 heterocycles. The van der Waals surface area contributed by atoms with E-state index in [1.165, 1.54) is 0 Å².